The van der Waals surface area contributed by atoms with E-state index in [0.717, 1.165) is 6.54 Å². The fraction of sp³-hybridized carbons (Fsp3) is 0.286. The summed E-state index contributed by atoms with van der Waals surface area (Å²) in [5.41, 5.74) is 0.649. The van der Waals surface area contributed by atoms with Gasteiger partial charge in [-0.3, -0.25) is 4.79 Å². The normalized spacial score (nSPS) is 17.3. The molecule has 1 saturated heterocycles. The van der Waals surface area contributed by atoms with Crippen molar-refractivity contribution in [3.63, 3.8) is 0 Å². The van der Waals surface area contributed by atoms with Crippen molar-refractivity contribution in [2.45, 2.75) is 6.04 Å². The van der Waals surface area contributed by atoms with Gasteiger partial charge in [0.25, 0.3) is 11.8 Å². The lowest BCUT2D eigenvalue weighted by atomic mass is 10.1. The number of piperazine rings is 1. The van der Waals surface area contributed by atoms with Gasteiger partial charge in [0.15, 0.2) is 6.61 Å². The smallest absolute Gasteiger partial charge is 0.261 e. The summed E-state index contributed by atoms with van der Waals surface area (Å²) in [5, 5.41) is 4.01. The van der Waals surface area contributed by atoms with Crippen LogP contribution >= 0.6 is 0 Å². The minimum absolute atomic E-state index is 0.0663. The van der Waals surface area contributed by atoms with E-state index in [4.69, 9.17) is 9.26 Å². The maximum Gasteiger partial charge on any atom is 0.261 e. The van der Waals surface area contributed by atoms with Crippen molar-refractivity contribution in [1.29, 1.82) is 0 Å². The second kappa shape index (κ2) is 8.40. The van der Waals surface area contributed by atoms with Crippen LogP contribution in [0.1, 0.15) is 11.9 Å². The molecule has 0 saturated carbocycles. The SMILES string of the molecule is CN1CCN(C(=O)COc2ccccc2)C(c2nc(-c3ccc(F)cc3)no2)C1. The molecule has 2 aromatic carbocycles. The molecule has 0 aliphatic carbocycles. The molecule has 0 radical (unpaired) electrons. The number of amides is 1. The highest BCUT2D eigenvalue weighted by Crippen LogP contribution is 2.26. The van der Waals surface area contributed by atoms with Crippen molar-refractivity contribution in [2.75, 3.05) is 33.3 Å². The molecule has 1 atom stereocenters. The average Bonchev–Trinajstić information content (AvgIpc) is 3.23. The molecule has 1 amide bonds. The molecule has 1 unspecified atom stereocenters. The third-order valence-electron chi connectivity index (χ3n) is 4.84. The van der Waals surface area contributed by atoms with Crippen LogP contribution < -0.4 is 4.74 Å². The van der Waals surface area contributed by atoms with Crippen LogP contribution in [-0.4, -0.2) is 59.1 Å². The van der Waals surface area contributed by atoms with Crippen molar-refractivity contribution in [3.05, 3.63) is 66.3 Å². The molecular formula is C21H21FN4O3. The van der Waals surface area contributed by atoms with Crippen LogP contribution in [-0.2, 0) is 4.79 Å². The van der Waals surface area contributed by atoms with E-state index in [-0.39, 0.29) is 24.4 Å². The summed E-state index contributed by atoms with van der Waals surface area (Å²) in [7, 11) is 1.98. The first-order chi connectivity index (χ1) is 14.1. The van der Waals surface area contributed by atoms with E-state index in [0.29, 0.717) is 36.1 Å². The van der Waals surface area contributed by atoms with Crippen LogP contribution in [0.2, 0.25) is 0 Å². The van der Waals surface area contributed by atoms with Crippen molar-refractivity contribution >= 4 is 5.91 Å². The number of benzene rings is 2. The van der Waals surface area contributed by atoms with Gasteiger partial charge in [0.05, 0.1) is 0 Å². The Labute approximate surface area is 167 Å². The van der Waals surface area contributed by atoms with E-state index >= 15 is 0 Å². The second-order valence-corrected chi connectivity index (χ2v) is 6.93. The van der Waals surface area contributed by atoms with Gasteiger partial charge in [-0.05, 0) is 43.4 Å². The summed E-state index contributed by atoms with van der Waals surface area (Å²) < 4.78 is 24.2. The number of carbonyl (C=O) groups excluding carboxylic acids is 1. The van der Waals surface area contributed by atoms with E-state index < -0.39 is 0 Å². The minimum atomic E-state index is -0.373. The Balaban J connectivity index is 1.50. The van der Waals surface area contributed by atoms with Crippen LogP contribution in [0.25, 0.3) is 11.4 Å². The van der Waals surface area contributed by atoms with Crippen molar-refractivity contribution < 1.29 is 18.4 Å². The highest BCUT2D eigenvalue weighted by atomic mass is 19.1. The van der Waals surface area contributed by atoms with Crippen molar-refractivity contribution in [3.8, 4) is 17.1 Å². The lowest BCUT2D eigenvalue weighted by molar-refractivity contribution is -0.139. The van der Waals surface area contributed by atoms with Crippen LogP contribution in [0.15, 0.2) is 59.1 Å². The maximum atomic E-state index is 13.2. The van der Waals surface area contributed by atoms with E-state index in [2.05, 4.69) is 15.0 Å². The quantitative estimate of drug-likeness (QED) is 0.660. The molecular weight excluding hydrogens is 375 g/mol. The summed E-state index contributed by atoms with van der Waals surface area (Å²) in [6, 6.07) is 14.7. The topological polar surface area (TPSA) is 71.7 Å². The van der Waals surface area contributed by atoms with E-state index in [1.807, 2.05) is 37.4 Å². The molecule has 0 N–H and O–H groups in total. The van der Waals surface area contributed by atoms with E-state index in [9.17, 15) is 9.18 Å². The molecule has 150 valence electrons. The van der Waals surface area contributed by atoms with Gasteiger partial charge in [0, 0.05) is 25.2 Å². The molecule has 1 aromatic heterocycles. The highest BCUT2D eigenvalue weighted by molar-refractivity contribution is 5.78. The summed E-state index contributed by atoms with van der Waals surface area (Å²) in [6.07, 6.45) is 0. The molecule has 4 rings (SSSR count). The summed E-state index contributed by atoms with van der Waals surface area (Å²) >= 11 is 0. The van der Waals surface area contributed by atoms with Gasteiger partial charge >= 0.3 is 0 Å². The Morgan fingerprint density at radius 3 is 2.69 bits per heavy atom. The summed E-state index contributed by atoms with van der Waals surface area (Å²) in [4.78, 5) is 21.1. The first kappa shape index (κ1) is 19.1. The number of rotatable bonds is 5. The standard InChI is InChI=1S/C21H21FN4O3/c1-25-11-12-26(19(27)14-28-17-5-3-2-4-6-17)18(13-25)21-23-20(24-29-21)15-7-9-16(22)10-8-15/h2-10,18H,11-14H2,1H3. The largest absolute Gasteiger partial charge is 0.484 e. The number of likely N-dealkylation sites (N-methyl/N-ethyl adjacent to an activating group) is 1. The molecule has 1 aliphatic rings. The molecule has 0 spiro atoms. The van der Waals surface area contributed by atoms with Gasteiger partial charge < -0.3 is 19.1 Å². The summed E-state index contributed by atoms with van der Waals surface area (Å²) in [5.74, 6) is 0.878. The Morgan fingerprint density at radius 2 is 1.93 bits per heavy atom. The fourth-order valence-corrected chi connectivity index (χ4v) is 3.26. The zero-order valence-corrected chi connectivity index (χ0v) is 16.0. The van der Waals surface area contributed by atoms with Gasteiger partial charge in [-0.1, -0.05) is 23.4 Å². The highest BCUT2D eigenvalue weighted by Gasteiger charge is 2.34. The van der Waals surface area contributed by atoms with Crippen LogP contribution in [0.3, 0.4) is 0 Å². The zero-order valence-electron chi connectivity index (χ0n) is 16.0. The molecule has 2 heterocycles. The molecule has 0 bridgehead atoms. The van der Waals surface area contributed by atoms with Crippen LogP contribution in [0, 0.1) is 5.82 Å². The van der Waals surface area contributed by atoms with Gasteiger partial charge in [0.1, 0.15) is 17.6 Å². The number of nitrogens with zero attached hydrogens (tertiary/aromatic N) is 4. The zero-order chi connectivity index (χ0) is 20.2. The molecule has 7 nitrogen and oxygen atoms in total. The third-order valence-corrected chi connectivity index (χ3v) is 4.84. The van der Waals surface area contributed by atoms with Crippen LogP contribution in [0.4, 0.5) is 4.39 Å². The Hall–Kier alpha value is -3.26. The maximum absolute atomic E-state index is 13.2. The number of hydrogen-bond donors (Lipinski definition) is 0. The third kappa shape index (κ3) is 4.43. The Kier molecular flexibility index (Phi) is 5.53. The molecule has 1 fully saturated rings. The predicted octanol–water partition coefficient (Wildman–Crippen LogP) is 2.77. The number of para-hydroxylation sites is 1. The summed E-state index contributed by atoms with van der Waals surface area (Å²) in [6.45, 7) is 1.78. The minimum Gasteiger partial charge on any atom is -0.484 e. The van der Waals surface area contributed by atoms with Gasteiger partial charge in [-0.15, -0.1) is 0 Å². The molecule has 1 aliphatic heterocycles. The first-order valence-corrected chi connectivity index (χ1v) is 9.35. The molecule has 29 heavy (non-hydrogen) atoms. The lowest BCUT2D eigenvalue weighted by Crippen LogP contribution is -2.50. The number of aromatic nitrogens is 2. The lowest BCUT2D eigenvalue weighted by Gasteiger charge is -2.37. The average molecular weight is 396 g/mol. The van der Waals surface area contributed by atoms with Gasteiger partial charge in [-0.25, -0.2) is 4.39 Å². The van der Waals surface area contributed by atoms with Gasteiger partial charge in [-0.2, -0.15) is 4.98 Å². The predicted molar refractivity (Wildman–Crippen MR) is 104 cm³/mol. The number of halogens is 1. The van der Waals surface area contributed by atoms with Crippen molar-refractivity contribution in [1.82, 2.24) is 19.9 Å². The van der Waals surface area contributed by atoms with Crippen LogP contribution in [0.5, 0.6) is 5.75 Å². The second-order valence-electron chi connectivity index (χ2n) is 6.93. The molecule has 3 aromatic rings. The number of ether oxygens (including phenoxy) is 1. The molecule has 8 heteroatoms. The Bertz CT molecular complexity index is 962. The fourth-order valence-electron chi connectivity index (χ4n) is 3.26. The number of carbonyl (C=O) groups is 1. The van der Waals surface area contributed by atoms with E-state index in [1.54, 1.807) is 17.0 Å². The number of hydrogen-bond acceptors (Lipinski definition) is 6. The van der Waals surface area contributed by atoms with E-state index in [1.165, 1.54) is 12.1 Å². The first-order valence-electron chi connectivity index (χ1n) is 9.35. The Morgan fingerprint density at radius 1 is 1.17 bits per heavy atom. The van der Waals surface area contributed by atoms with Gasteiger partial charge in [0.2, 0.25) is 5.82 Å². The van der Waals surface area contributed by atoms with Crippen molar-refractivity contribution in [2.24, 2.45) is 0 Å². The monoisotopic (exact) mass is 396 g/mol.